The summed E-state index contributed by atoms with van der Waals surface area (Å²) in [6, 6.07) is 4.74. The van der Waals surface area contributed by atoms with Crippen molar-refractivity contribution in [1.29, 1.82) is 0 Å². The molecule has 17 heavy (non-hydrogen) atoms. The Kier molecular flexibility index (Phi) is 4.60. The molecule has 1 heterocycles. The Morgan fingerprint density at radius 1 is 1.47 bits per heavy atom. The molecular weight excluding hydrogens is 230 g/mol. The third kappa shape index (κ3) is 2.72. The van der Waals surface area contributed by atoms with E-state index in [2.05, 4.69) is 29.8 Å². The number of hydrogen-bond donors (Lipinski definition) is 1. The minimum atomic E-state index is 0.0278. The molecule has 0 aliphatic heterocycles. The van der Waals surface area contributed by atoms with Crippen molar-refractivity contribution in [3.05, 3.63) is 22.4 Å². The molecule has 1 unspecified atom stereocenters. The van der Waals surface area contributed by atoms with Crippen LogP contribution in [-0.4, -0.2) is 19.3 Å². The first-order valence-corrected chi connectivity index (χ1v) is 7.52. The highest BCUT2D eigenvalue weighted by molar-refractivity contribution is 7.10. The fraction of sp³-hybridized carbons (Fsp3) is 0.714. The van der Waals surface area contributed by atoms with Gasteiger partial charge in [-0.1, -0.05) is 25.8 Å². The lowest BCUT2D eigenvalue weighted by Crippen LogP contribution is -2.43. The van der Waals surface area contributed by atoms with Gasteiger partial charge in [0.2, 0.25) is 0 Å². The quantitative estimate of drug-likeness (QED) is 0.833. The zero-order valence-electron chi connectivity index (χ0n) is 10.9. The van der Waals surface area contributed by atoms with E-state index < -0.39 is 0 Å². The fourth-order valence-electron chi connectivity index (χ4n) is 2.87. The van der Waals surface area contributed by atoms with Gasteiger partial charge in [-0.15, -0.1) is 11.3 Å². The van der Waals surface area contributed by atoms with E-state index in [0.717, 1.165) is 6.54 Å². The van der Waals surface area contributed by atoms with Gasteiger partial charge in [0.1, 0.15) is 0 Å². The van der Waals surface area contributed by atoms with Gasteiger partial charge in [0.15, 0.2) is 0 Å². The Bertz CT molecular complexity index is 317. The van der Waals surface area contributed by atoms with E-state index in [1.54, 1.807) is 0 Å². The first-order chi connectivity index (χ1) is 8.32. The van der Waals surface area contributed by atoms with Crippen LogP contribution in [0.2, 0.25) is 0 Å². The molecule has 0 amide bonds. The van der Waals surface area contributed by atoms with Crippen molar-refractivity contribution in [2.45, 2.75) is 50.7 Å². The molecule has 1 aliphatic rings. The van der Waals surface area contributed by atoms with Gasteiger partial charge in [-0.25, -0.2) is 0 Å². The van der Waals surface area contributed by atoms with Crippen molar-refractivity contribution >= 4 is 11.3 Å². The molecule has 0 radical (unpaired) electrons. The Labute approximate surface area is 108 Å². The molecule has 1 fully saturated rings. The average molecular weight is 253 g/mol. The number of hydrogen-bond acceptors (Lipinski definition) is 3. The summed E-state index contributed by atoms with van der Waals surface area (Å²) in [4.78, 5) is 1.42. The van der Waals surface area contributed by atoms with E-state index in [0.29, 0.717) is 6.04 Å². The van der Waals surface area contributed by atoms with Crippen LogP contribution >= 0.6 is 11.3 Å². The monoisotopic (exact) mass is 253 g/mol. The van der Waals surface area contributed by atoms with Gasteiger partial charge in [0.05, 0.1) is 11.6 Å². The van der Waals surface area contributed by atoms with Crippen molar-refractivity contribution < 1.29 is 4.74 Å². The molecule has 1 saturated carbocycles. The zero-order valence-corrected chi connectivity index (χ0v) is 11.7. The first-order valence-electron chi connectivity index (χ1n) is 6.64. The maximum Gasteiger partial charge on any atom is 0.0880 e. The number of rotatable bonds is 6. The van der Waals surface area contributed by atoms with Crippen LogP contribution in [0.4, 0.5) is 0 Å². The minimum absolute atomic E-state index is 0.0278. The van der Waals surface area contributed by atoms with Crippen LogP contribution in [-0.2, 0) is 4.74 Å². The van der Waals surface area contributed by atoms with Crippen molar-refractivity contribution in [3.63, 3.8) is 0 Å². The van der Waals surface area contributed by atoms with Crippen LogP contribution in [0.25, 0.3) is 0 Å². The second kappa shape index (κ2) is 5.98. The van der Waals surface area contributed by atoms with E-state index in [4.69, 9.17) is 4.74 Å². The summed E-state index contributed by atoms with van der Waals surface area (Å²) in [5, 5.41) is 5.85. The van der Waals surface area contributed by atoms with Crippen molar-refractivity contribution in [2.75, 3.05) is 13.7 Å². The minimum Gasteiger partial charge on any atom is -0.376 e. The van der Waals surface area contributed by atoms with Gasteiger partial charge in [0, 0.05) is 12.0 Å². The summed E-state index contributed by atoms with van der Waals surface area (Å²) in [6.07, 6.45) is 6.13. The highest BCUT2D eigenvalue weighted by atomic mass is 32.1. The number of thiophene rings is 1. The Morgan fingerprint density at radius 2 is 2.24 bits per heavy atom. The van der Waals surface area contributed by atoms with E-state index in [1.165, 1.54) is 37.0 Å². The molecule has 96 valence electrons. The highest BCUT2D eigenvalue weighted by Gasteiger charge is 2.42. The van der Waals surface area contributed by atoms with E-state index in [9.17, 15) is 0 Å². The standard InChI is InChI=1S/C14H23NOS/c1-3-10-15-13(12-7-6-11-17-12)14(16-2)8-4-5-9-14/h6-7,11,13,15H,3-5,8-10H2,1-2H3. The predicted octanol–water partition coefficient (Wildman–Crippen LogP) is 3.75. The molecule has 1 aromatic rings. The summed E-state index contributed by atoms with van der Waals surface area (Å²) in [7, 11) is 1.87. The molecule has 0 aromatic carbocycles. The van der Waals surface area contributed by atoms with Crippen LogP contribution in [0, 0.1) is 0 Å². The predicted molar refractivity (Wildman–Crippen MR) is 73.6 cm³/mol. The Balaban J connectivity index is 2.19. The maximum absolute atomic E-state index is 5.93. The molecule has 1 N–H and O–H groups in total. The molecule has 1 atom stereocenters. The normalized spacial score (nSPS) is 20.6. The van der Waals surface area contributed by atoms with Gasteiger partial charge in [-0.3, -0.25) is 0 Å². The lowest BCUT2D eigenvalue weighted by Gasteiger charge is -2.36. The van der Waals surface area contributed by atoms with Crippen LogP contribution < -0.4 is 5.32 Å². The molecule has 1 aliphatic carbocycles. The van der Waals surface area contributed by atoms with Crippen molar-refractivity contribution in [3.8, 4) is 0 Å². The largest absolute Gasteiger partial charge is 0.376 e. The van der Waals surface area contributed by atoms with Gasteiger partial charge >= 0.3 is 0 Å². The lowest BCUT2D eigenvalue weighted by atomic mass is 9.90. The number of methoxy groups -OCH3 is 1. The summed E-state index contributed by atoms with van der Waals surface area (Å²) < 4.78 is 5.93. The number of ether oxygens (including phenoxy) is 1. The summed E-state index contributed by atoms with van der Waals surface area (Å²) >= 11 is 1.84. The molecule has 3 heteroatoms. The van der Waals surface area contributed by atoms with Crippen molar-refractivity contribution in [1.82, 2.24) is 5.32 Å². The Hall–Kier alpha value is -0.380. The van der Waals surface area contributed by atoms with E-state index in [-0.39, 0.29) is 5.60 Å². The van der Waals surface area contributed by atoms with E-state index in [1.807, 2.05) is 18.4 Å². The van der Waals surface area contributed by atoms with Crippen LogP contribution in [0.3, 0.4) is 0 Å². The smallest absolute Gasteiger partial charge is 0.0880 e. The third-order valence-electron chi connectivity index (χ3n) is 3.81. The topological polar surface area (TPSA) is 21.3 Å². The summed E-state index contributed by atoms with van der Waals surface area (Å²) in [5.41, 5.74) is 0.0278. The van der Waals surface area contributed by atoms with Gasteiger partial charge in [-0.2, -0.15) is 0 Å². The van der Waals surface area contributed by atoms with Gasteiger partial charge in [-0.05, 0) is 37.3 Å². The van der Waals surface area contributed by atoms with Gasteiger partial charge in [0.25, 0.3) is 0 Å². The molecule has 1 aromatic heterocycles. The highest BCUT2D eigenvalue weighted by Crippen LogP contribution is 2.43. The molecule has 0 saturated heterocycles. The van der Waals surface area contributed by atoms with E-state index >= 15 is 0 Å². The summed E-state index contributed by atoms with van der Waals surface area (Å²) in [6.45, 7) is 3.28. The molecule has 0 spiro atoms. The molecular formula is C14H23NOS. The SMILES string of the molecule is CCCNC(c1cccs1)C1(OC)CCCC1. The molecule has 0 bridgehead atoms. The third-order valence-corrected chi connectivity index (χ3v) is 4.75. The van der Waals surface area contributed by atoms with Crippen LogP contribution in [0.15, 0.2) is 17.5 Å². The molecule has 2 nitrogen and oxygen atoms in total. The Morgan fingerprint density at radius 3 is 2.76 bits per heavy atom. The average Bonchev–Trinajstić information content (AvgIpc) is 3.01. The van der Waals surface area contributed by atoms with Crippen molar-refractivity contribution in [2.24, 2.45) is 0 Å². The van der Waals surface area contributed by atoms with Crippen LogP contribution in [0.5, 0.6) is 0 Å². The second-order valence-corrected chi connectivity index (χ2v) is 5.86. The first kappa shape index (κ1) is 13.1. The van der Waals surface area contributed by atoms with Crippen LogP contribution in [0.1, 0.15) is 49.9 Å². The maximum atomic E-state index is 5.93. The zero-order chi connectivity index (χ0) is 12.1. The molecule has 2 rings (SSSR count). The fourth-order valence-corrected chi connectivity index (χ4v) is 3.78. The summed E-state index contributed by atoms with van der Waals surface area (Å²) in [5.74, 6) is 0. The number of nitrogens with one attached hydrogen (secondary N) is 1. The lowest BCUT2D eigenvalue weighted by molar-refractivity contribution is -0.0358. The second-order valence-electron chi connectivity index (χ2n) is 4.88. The van der Waals surface area contributed by atoms with Gasteiger partial charge < -0.3 is 10.1 Å².